The van der Waals surface area contributed by atoms with Crippen molar-refractivity contribution in [2.45, 2.75) is 19.4 Å². The van der Waals surface area contributed by atoms with Gasteiger partial charge in [0.05, 0.1) is 5.02 Å². The van der Waals surface area contributed by atoms with E-state index >= 15 is 0 Å². The Balaban J connectivity index is 2.25. The first-order chi connectivity index (χ1) is 9.61. The first-order valence-electron chi connectivity index (χ1n) is 6.53. The van der Waals surface area contributed by atoms with E-state index in [1.165, 1.54) is 11.6 Å². The highest BCUT2D eigenvalue weighted by atomic mass is 79.9. The van der Waals surface area contributed by atoms with Gasteiger partial charge in [0.15, 0.2) is 0 Å². The van der Waals surface area contributed by atoms with Crippen molar-refractivity contribution < 1.29 is 4.39 Å². The summed E-state index contributed by atoms with van der Waals surface area (Å²) in [7, 11) is 0. The smallest absolute Gasteiger partial charge is 0.141 e. The monoisotopic (exact) mass is 355 g/mol. The molecule has 2 aromatic carbocycles. The molecule has 0 aliphatic heterocycles. The average molecular weight is 357 g/mol. The fourth-order valence-electron chi connectivity index (χ4n) is 2.20. The first-order valence-corrected chi connectivity index (χ1v) is 7.70. The van der Waals surface area contributed by atoms with Gasteiger partial charge in [-0.3, -0.25) is 0 Å². The van der Waals surface area contributed by atoms with E-state index in [2.05, 4.69) is 34.2 Å². The SMILES string of the molecule is CCNC(Cc1ccc(F)c(Cl)c1)c1ccccc1Br. The van der Waals surface area contributed by atoms with Gasteiger partial charge in [0, 0.05) is 10.5 Å². The Bertz CT molecular complexity index is 588. The van der Waals surface area contributed by atoms with Gasteiger partial charge in [0.25, 0.3) is 0 Å². The normalized spacial score (nSPS) is 12.4. The predicted octanol–water partition coefficient (Wildman–Crippen LogP) is 5.13. The zero-order valence-corrected chi connectivity index (χ0v) is 13.5. The molecule has 0 bridgehead atoms. The molecule has 0 aliphatic carbocycles. The van der Waals surface area contributed by atoms with Crippen molar-refractivity contribution in [3.63, 3.8) is 0 Å². The van der Waals surface area contributed by atoms with Gasteiger partial charge < -0.3 is 5.32 Å². The van der Waals surface area contributed by atoms with Crippen molar-refractivity contribution >= 4 is 27.5 Å². The summed E-state index contributed by atoms with van der Waals surface area (Å²) < 4.78 is 14.3. The molecule has 1 nitrogen and oxygen atoms in total. The molecule has 106 valence electrons. The van der Waals surface area contributed by atoms with Crippen LogP contribution in [0.4, 0.5) is 4.39 Å². The van der Waals surface area contributed by atoms with E-state index in [1.807, 2.05) is 18.2 Å². The molecule has 1 unspecified atom stereocenters. The molecule has 0 aliphatic rings. The molecule has 0 radical (unpaired) electrons. The molecule has 0 spiro atoms. The molecule has 1 atom stereocenters. The Labute approximate surface area is 132 Å². The van der Waals surface area contributed by atoms with Crippen molar-refractivity contribution in [1.82, 2.24) is 5.32 Å². The molecule has 4 heteroatoms. The third-order valence-corrected chi connectivity index (χ3v) is 4.17. The van der Waals surface area contributed by atoms with E-state index < -0.39 is 0 Å². The highest BCUT2D eigenvalue weighted by Gasteiger charge is 2.14. The third-order valence-electron chi connectivity index (χ3n) is 3.16. The van der Waals surface area contributed by atoms with Crippen LogP contribution in [0.3, 0.4) is 0 Å². The molecular weight excluding hydrogens is 341 g/mol. The lowest BCUT2D eigenvalue weighted by Gasteiger charge is -2.20. The van der Waals surface area contributed by atoms with Gasteiger partial charge in [0.1, 0.15) is 5.82 Å². The highest BCUT2D eigenvalue weighted by Crippen LogP contribution is 2.27. The van der Waals surface area contributed by atoms with Gasteiger partial charge in [-0.1, -0.05) is 58.7 Å². The molecule has 1 N–H and O–H groups in total. The van der Waals surface area contributed by atoms with Crippen molar-refractivity contribution in [2.24, 2.45) is 0 Å². The Morgan fingerprint density at radius 2 is 2.00 bits per heavy atom. The lowest BCUT2D eigenvalue weighted by molar-refractivity contribution is 0.547. The Hall–Kier alpha value is -0.900. The van der Waals surface area contributed by atoms with Gasteiger partial charge in [0.2, 0.25) is 0 Å². The van der Waals surface area contributed by atoms with Crippen LogP contribution < -0.4 is 5.32 Å². The maximum Gasteiger partial charge on any atom is 0.141 e. The number of nitrogens with one attached hydrogen (secondary N) is 1. The van der Waals surface area contributed by atoms with E-state index in [0.717, 1.165) is 23.0 Å². The number of hydrogen-bond donors (Lipinski definition) is 1. The average Bonchev–Trinajstić information content (AvgIpc) is 2.43. The largest absolute Gasteiger partial charge is 0.310 e. The van der Waals surface area contributed by atoms with Gasteiger partial charge in [-0.15, -0.1) is 0 Å². The van der Waals surface area contributed by atoms with Crippen LogP contribution in [0.1, 0.15) is 24.1 Å². The fourth-order valence-corrected chi connectivity index (χ4v) is 2.96. The molecule has 2 rings (SSSR count). The molecule has 2 aromatic rings. The number of hydrogen-bond acceptors (Lipinski definition) is 1. The summed E-state index contributed by atoms with van der Waals surface area (Å²) >= 11 is 9.43. The quantitative estimate of drug-likeness (QED) is 0.782. The summed E-state index contributed by atoms with van der Waals surface area (Å²) in [5, 5.41) is 3.63. The molecule has 0 saturated heterocycles. The van der Waals surface area contributed by atoms with Crippen LogP contribution in [0.25, 0.3) is 0 Å². The molecule has 0 heterocycles. The number of halogens is 3. The Morgan fingerprint density at radius 3 is 2.65 bits per heavy atom. The molecule has 0 fully saturated rings. The van der Waals surface area contributed by atoms with Crippen LogP contribution in [0.15, 0.2) is 46.9 Å². The first kappa shape index (κ1) is 15.5. The summed E-state index contributed by atoms with van der Waals surface area (Å²) in [6.45, 7) is 2.93. The molecule has 0 saturated carbocycles. The predicted molar refractivity (Wildman–Crippen MR) is 85.7 cm³/mol. The molecule has 0 aromatic heterocycles. The van der Waals surface area contributed by atoms with Crippen molar-refractivity contribution in [3.8, 4) is 0 Å². The second-order valence-electron chi connectivity index (χ2n) is 4.58. The minimum absolute atomic E-state index is 0.164. The third kappa shape index (κ3) is 3.81. The Morgan fingerprint density at radius 1 is 1.25 bits per heavy atom. The second kappa shape index (κ2) is 7.21. The van der Waals surface area contributed by atoms with Crippen molar-refractivity contribution in [3.05, 3.63) is 68.9 Å². The Kier molecular flexibility index (Phi) is 5.58. The number of rotatable bonds is 5. The minimum atomic E-state index is -0.378. The lowest BCUT2D eigenvalue weighted by atomic mass is 9.99. The summed E-state index contributed by atoms with van der Waals surface area (Å²) in [6.07, 6.45) is 0.760. The van der Waals surface area contributed by atoms with Crippen molar-refractivity contribution in [1.29, 1.82) is 0 Å². The topological polar surface area (TPSA) is 12.0 Å². The molecule has 0 amide bonds. The minimum Gasteiger partial charge on any atom is -0.310 e. The maximum absolute atomic E-state index is 13.2. The van der Waals surface area contributed by atoms with E-state index in [4.69, 9.17) is 11.6 Å². The second-order valence-corrected chi connectivity index (χ2v) is 5.85. The van der Waals surface area contributed by atoms with Gasteiger partial charge in [-0.05, 0) is 42.3 Å². The van der Waals surface area contributed by atoms with Crippen molar-refractivity contribution in [2.75, 3.05) is 6.54 Å². The fraction of sp³-hybridized carbons (Fsp3) is 0.250. The summed E-state index contributed by atoms with van der Waals surface area (Å²) in [5.41, 5.74) is 2.20. The molecule has 20 heavy (non-hydrogen) atoms. The van der Waals surface area contributed by atoms with Crippen LogP contribution in [-0.4, -0.2) is 6.54 Å². The zero-order chi connectivity index (χ0) is 14.5. The maximum atomic E-state index is 13.2. The van der Waals surface area contributed by atoms with Crippen LogP contribution >= 0.6 is 27.5 Å². The summed E-state index contributed by atoms with van der Waals surface area (Å²) in [5.74, 6) is -0.378. The van der Waals surface area contributed by atoms with Gasteiger partial charge in [-0.2, -0.15) is 0 Å². The molecular formula is C16H16BrClFN. The van der Waals surface area contributed by atoms with E-state index in [-0.39, 0.29) is 16.9 Å². The highest BCUT2D eigenvalue weighted by molar-refractivity contribution is 9.10. The van der Waals surface area contributed by atoms with Gasteiger partial charge >= 0.3 is 0 Å². The number of likely N-dealkylation sites (N-methyl/N-ethyl adjacent to an activating group) is 1. The lowest BCUT2D eigenvalue weighted by Crippen LogP contribution is -2.23. The van der Waals surface area contributed by atoms with Crippen LogP contribution in [-0.2, 0) is 6.42 Å². The van der Waals surface area contributed by atoms with Crippen LogP contribution in [0, 0.1) is 5.82 Å². The van der Waals surface area contributed by atoms with Crippen LogP contribution in [0.5, 0.6) is 0 Å². The summed E-state index contributed by atoms with van der Waals surface area (Å²) in [6, 6.07) is 13.2. The van der Waals surface area contributed by atoms with Gasteiger partial charge in [-0.25, -0.2) is 4.39 Å². The zero-order valence-electron chi connectivity index (χ0n) is 11.2. The number of benzene rings is 2. The van der Waals surface area contributed by atoms with E-state index in [1.54, 1.807) is 12.1 Å². The van der Waals surface area contributed by atoms with Crippen LogP contribution in [0.2, 0.25) is 5.02 Å². The van der Waals surface area contributed by atoms with E-state index in [0.29, 0.717) is 0 Å². The standard InChI is InChI=1S/C16H16BrClFN/c1-2-20-16(12-5-3-4-6-13(12)17)10-11-7-8-15(19)14(18)9-11/h3-9,16,20H,2,10H2,1H3. The summed E-state index contributed by atoms with van der Waals surface area (Å²) in [4.78, 5) is 0. The van der Waals surface area contributed by atoms with E-state index in [9.17, 15) is 4.39 Å².